The minimum Gasteiger partial charge on any atom is -0.453 e. The van der Waals surface area contributed by atoms with Crippen molar-refractivity contribution in [1.29, 1.82) is 0 Å². The molecule has 0 saturated heterocycles. The highest BCUT2D eigenvalue weighted by Crippen LogP contribution is 2.25. The van der Waals surface area contributed by atoms with Crippen molar-refractivity contribution in [1.82, 2.24) is 5.32 Å². The number of hydrogen-bond donors (Lipinski definition) is 2. The molecule has 0 aliphatic heterocycles. The molecule has 0 fully saturated rings. The molecular formula is C14H19N3O2S. The largest absolute Gasteiger partial charge is 0.453 e. The van der Waals surface area contributed by atoms with E-state index in [1.54, 1.807) is 0 Å². The second-order valence-corrected chi connectivity index (χ2v) is 5.62. The third-order valence-electron chi connectivity index (χ3n) is 2.14. The molecule has 0 unspecified atom stereocenters. The van der Waals surface area contributed by atoms with Crippen LogP contribution in [0.1, 0.15) is 20.8 Å². The van der Waals surface area contributed by atoms with Crippen molar-refractivity contribution in [2.24, 2.45) is 10.4 Å². The third kappa shape index (κ3) is 5.79. The molecule has 108 valence electrons. The zero-order valence-electron chi connectivity index (χ0n) is 12.1. The fraction of sp³-hybridized carbons (Fsp3) is 0.357. The van der Waals surface area contributed by atoms with Gasteiger partial charge in [-0.15, -0.1) is 0 Å². The average molecular weight is 293 g/mol. The van der Waals surface area contributed by atoms with E-state index in [-0.39, 0.29) is 10.5 Å². The van der Waals surface area contributed by atoms with Gasteiger partial charge in [0.25, 0.3) is 0 Å². The summed E-state index contributed by atoms with van der Waals surface area (Å²) in [6, 6.07) is 7.45. The number of aliphatic imine (C=N–C) groups is 1. The Bertz CT molecular complexity index is 521. The molecule has 5 nitrogen and oxygen atoms in total. The SMILES string of the molecule is COC(=O)NC(=S)Nc1ccccc1/N=C/C(C)(C)C. The fourth-order valence-corrected chi connectivity index (χ4v) is 1.45. The Morgan fingerprint density at radius 2 is 2.00 bits per heavy atom. The monoisotopic (exact) mass is 293 g/mol. The van der Waals surface area contributed by atoms with Crippen LogP contribution in [0.5, 0.6) is 0 Å². The first-order chi connectivity index (χ1) is 9.31. The highest BCUT2D eigenvalue weighted by atomic mass is 32.1. The highest BCUT2D eigenvalue weighted by Gasteiger charge is 2.08. The van der Waals surface area contributed by atoms with Gasteiger partial charge in [0.1, 0.15) is 0 Å². The van der Waals surface area contributed by atoms with Gasteiger partial charge in [-0.3, -0.25) is 10.3 Å². The molecule has 0 aromatic heterocycles. The Hall–Kier alpha value is -1.95. The molecule has 0 aliphatic carbocycles. The summed E-state index contributed by atoms with van der Waals surface area (Å²) >= 11 is 5.02. The molecule has 1 aromatic carbocycles. The standard InChI is InChI=1S/C14H19N3O2S/c1-14(2,3)9-15-10-7-5-6-8-11(10)16-12(20)17-13(18)19-4/h5-9H,1-4H3,(H2,16,17,18,20)/b15-9+. The van der Waals surface area contributed by atoms with Gasteiger partial charge < -0.3 is 10.1 Å². The fourth-order valence-electron chi connectivity index (χ4n) is 1.25. The summed E-state index contributed by atoms with van der Waals surface area (Å²) in [6.45, 7) is 6.20. The van der Waals surface area contributed by atoms with Crippen LogP contribution in [0.2, 0.25) is 0 Å². The minimum absolute atomic E-state index is 0.0160. The first-order valence-corrected chi connectivity index (χ1v) is 6.53. The Balaban J connectivity index is 2.83. The number of carbonyl (C=O) groups is 1. The summed E-state index contributed by atoms with van der Waals surface area (Å²) < 4.78 is 4.47. The summed E-state index contributed by atoms with van der Waals surface area (Å²) in [5.41, 5.74) is 1.45. The van der Waals surface area contributed by atoms with E-state index >= 15 is 0 Å². The Morgan fingerprint density at radius 3 is 2.60 bits per heavy atom. The topological polar surface area (TPSA) is 62.7 Å². The van der Waals surface area contributed by atoms with E-state index in [2.05, 4.69) is 41.1 Å². The molecule has 1 aromatic rings. The van der Waals surface area contributed by atoms with E-state index in [1.165, 1.54) is 7.11 Å². The lowest BCUT2D eigenvalue weighted by Gasteiger charge is -2.13. The maximum Gasteiger partial charge on any atom is 0.413 e. The lowest BCUT2D eigenvalue weighted by atomic mass is 9.99. The number of benzene rings is 1. The number of carbonyl (C=O) groups excluding carboxylic acids is 1. The predicted molar refractivity (Wildman–Crippen MR) is 85.8 cm³/mol. The van der Waals surface area contributed by atoms with Gasteiger partial charge in [0.05, 0.1) is 18.5 Å². The molecular weight excluding hydrogens is 274 g/mol. The van der Waals surface area contributed by atoms with Gasteiger partial charge in [-0.2, -0.15) is 0 Å². The van der Waals surface area contributed by atoms with Gasteiger partial charge in [0.2, 0.25) is 0 Å². The molecule has 0 heterocycles. The molecule has 1 amide bonds. The summed E-state index contributed by atoms with van der Waals surface area (Å²) in [4.78, 5) is 15.5. The Morgan fingerprint density at radius 1 is 1.35 bits per heavy atom. The molecule has 2 N–H and O–H groups in total. The highest BCUT2D eigenvalue weighted by molar-refractivity contribution is 7.80. The number of alkyl carbamates (subject to hydrolysis) is 1. The number of hydrogen-bond acceptors (Lipinski definition) is 4. The third-order valence-corrected chi connectivity index (χ3v) is 2.35. The van der Waals surface area contributed by atoms with Gasteiger partial charge in [-0.05, 0) is 29.8 Å². The van der Waals surface area contributed by atoms with Crippen LogP contribution in [0.3, 0.4) is 0 Å². The van der Waals surface area contributed by atoms with E-state index in [4.69, 9.17) is 12.2 Å². The van der Waals surface area contributed by atoms with Gasteiger partial charge in [-0.25, -0.2) is 4.79 Å². The molecule has 6 heteroatoms. The van der Waals surface area contributed by atoms with Crippen LogP contribution in [0.4, 0.5) is 16.2 Å². The summed E-state index contributed by atoms with van der Waals surface area (Å²) in [5.74, 6) is 0. The number of amides is 1. The zero-order valence-corrected chi connectivity index (χ0v) is 12.9. The number of para-hydroxylation sites is 2. The molecule has 0 radical (unpaired) electrons. The van der Waals surface area contributed by atoms with Crippen molar-refractivity contribution >= 4 is 41.0 Å². The van der Waals surface area contributed by atoms with Crippen molar-refractivity contribution in [3.05, 3.63) is 24.3 Å². The number of nitrogens with zero attached hydrogens (tertiary/aromatic N) is 1. The van der Waals surface area contributed by atoms with Gasteiger partial charge in [-0.1, -0.05) is 32.9 Å². The Kier molecular flexibility index (Phi) is 5.64. The lowest BCUT2D eigenvalue weighted by molar-refractivity contribution is 0.177. The smallest absolute Gasteiger partial charge is 0.413 e. The van der Waals surface area contributed by atoms with E-state index in [0.717, 1.165) is 11.4 Å². The van der Waals surface area contributed by atoms with Crippen LogP contribution in [0, 0.1) is 5.41 Å². The van der Waals surface area contributed by atoms with Crippen molar-refractivity contribution < 1.29 is 9.53 Å². The van der Waals surface area contributed by atoms with Crippen molar-refractivity contribution in [3.63, 3.8) is 0 Å². The van der Waals surface area contributed by atoms with Gasteiger partial charge in [0.15, 0.2) is 5.11 Å². The molecule has 20 heavy (non-hydrogen) atoms. The minimum atomic E-state index is -0.613. The molecule has 0 saturated carbocycles. The van der Waals surface area contributed by atoms with Gasteiger partial charge in [0, 0.05) is 6.21 Å². The van der Waals surface area contributed by atoms with Crippen LogP contribution >= 0.6 is 12.2 Å². The maximum absolute atomic E-state index is 11.1. The average Bonchev–Trinajstić information content (AvgIpc) is 2.36. The van der Waals surface area contributed by atoms with Crippen LogP contribution in [0.15, 0.2) is 29.3 Å². The number of nitrogens with one attached hydrogen (secondary N) is 2. The predicted octanol–water partition coefficient (Wildman–Crippen LogP) is 3.49. The quantitative estimate of drug-likeness (QED) is 0.647. The second-order valence-electron chi connectivity index (χ2n) is 5.21. The van der Waals surface area contributed by atoms with Crippen LogP contribution in [-0.2, 0) is 4.74 Å². The zero-order chi connectivity index (χ0) is 15.2. The molecule has 1 rings (SSSR count). The van der Waals surface area contributed by atoms with Gasteiger partial charge >= 0.3 is 6.09 Å². The maximum atomic E-state index is 11.1. The number of thiocarbonyl (C=S) groups is 1. The Labute approximate surface area is 124 Å². The van der Waals surface area contributed by atoms with E-state index in [1.807, 2.05) is 30.5 Å². The molecule has 0 bridgehead atoms. The van der Waals surface area contributed by atoms with Crippen LogP contribution < -0.4 is 10.6 Å². The van der Waals surface area contributed by atoms with Crippen molar-refractivity contribution in [2.45, 2.75) is 20.8 Å². The van der Waals surface area contributed by atoms with Crippen LogP contribution in [0.25, 0.3) is 0 Å². The van der Waals surface area contributed by atoms with Crippen molar-refractivity contribution in [3.8, 4) is 0 Å². The number of rotatable bonds is 2. The molecule has 0 aliphatic rings. The first kappa shape index (κ1) is 16.1. The lowest BCUT2D eigenvalue weighted by Crippen LogP contribution is -2.33. The van der Waals surface area contributed by atoms with E-state index in [0.29, 0.717) is 0 Å². The number of anilines is 1. The second kappa shape index (κ2) is 7.00. The van der Waals surface area contributed by atoms with E-state index < -0.39 is 6.09 Å². The van der Waals surface area contributed by atoms with Crippen molar-refractivity contribution in [2.75, 3.05) is 12.4 Å². The summed E-state index contributed by atoms with van der Waals surface area (Å²) in [6.07, 6.45) is 1.25. The normalized spacial score (nSPS) is 11.2. The van der Waals surface area contributed by atoms with E-state index in [9.17, 15) is 4.79 Å². The number of methoxy groups -OCH3 is 1. The molecule has 0 spiro atoms. The number of ether oxygens (including phenoxy) is 1. The molecule has 0 atom stereocenters. The first-order valence-electron chi connectivity index (χ1n) is 6.12. The summed E-state index contributed by atoms with van der Waals surface area (Å²) in [5, 5.41) is 5.46. The van der Waals surface area contributed by atoms with Crippen LogP contribution in [-0.4, -0.2) is 24.5 Å². The summed E-state index contributed by atoms with van der Waals surface area (Å²) in [7, 11) is 1.28.